The van der Waals surface area contributed by atoms with Crippen molar-refractivity contribution >= 4 is 23.2 Å². The first-order valence-corrected chi connectivity index (χ1v) is 6.20. The van der Waals surface area contributed by atoms with Crippen molar-refractivity contribution in [3.05, 3.63) is 22.4 Å². The summed E-state index contributed by atoms with van der Waals surface area (Å²) in [5.74, 6) is -1.38. The summed E-state index contributed by atoms with van der Waals surface area (Å²) < 4.78 is 0. The molecular weight excluding hydrogens is 240 g/mol. The molecule has 0 bridgehead atoms. The molecule has 1 rings (SSSR count). The number of carbonyl (C=O) groups excluding carboxylic acids is 1. The summed E-state index contributed by atoms with van der Waals surface area (Å²) in [5, 5.41) is 18.4. The minimum absolute atomic E-state index is 0.0665. The van der Waals surface area contributed by atoms with E-state index in [4.69, 9.17) is 5.11 Å². The zero-order chi connectivity index (χ0) is 12.8. The van der Waals surface area contributed by atoms with Crippen molar-refractivity contribution in [3.8, 4) is 0 Å². The second kappa shape index (κ2) is 6.36. The normalized spacial score (nSPS) is 14.0. The molecule has 1 aromatic rings. The van der Waals surface area contributed by atoms with Gasteiger partial charge in [-0.2, -0.15) is 11.3 Å². The van der Waals surface area contributed by atoms with Gasteiger partial charge in [-0.05, 0) is 29.3 Å². The van der Waals surface area contributed by atoms with Crippen LogP contribution < -0.4 is 10.6 Å². The number of hydrogen-bond donors (Lipinski definition) is 3. The Kier molecular flexibility index (Phi) is 5.11. The Morgan fingerprint density at radius 1 is 1.53 bits per heavy atom. The fraction of sp³-hybridized carbons (Fsp3) is 0.455. The smallest absolute Gasteiger partial charge is 0.327 e. The highest BCUT2D eigenvalue weighted by atomic mass is 32.1. The predicted molar refractivity (Wildman–Crippen MR) is 66.0 cm³/mol. The van der Waals surface area contributed by atoms with Gasteiger partial charge in [0.1, 0.15) is 6.04 Å². The lowest BCUT2D eigenvalue weighted by molar-refractivity contribution is -0.141. The Bertz CT molecular complexity index is 378. The molecule has 5 nitrogen and oxygen atoms in total. The number of rotatable bonds is 6. The zero-order valence-electron chi connectivity index (χ0n) is 9.77. The van der Waals surface area contributed by atoms with Gasteiger partial charge in [0.15, 0.2) is 0 Å². The molecule has 0 aromatic carbocycles. The Morgan fingerprint density at radius 2 is 2.24 bits per heavy atom. The monoisotopic (exact) mass is 256 g/mol. The van der Waals surface area contributed by atoms with E-state index in [9.17, 15) is 9.59 Å². The molecule has 0 fully saturated rings. The van der Waals surface area contributed by atoms with Gasteiger partial charge in [0, 0.05) is 19.5 Å². The lowest BCUT2D eigenvalue weighted by atomic mass is 10.1. The summed E-state index contributed by atoms with van der Waals surface area (Å²) in [6.45, 7) is 3.46. The van der Waals surface area contributed by atoms with Gasteiger partial charge in [-0.1, -0.05) is 0 Å². The van der Waals surface area contributed by atoms with Crippen LogP contribution in [0.1, 0.15) is 25.5 Å². The molecule has 0 saturated heterocycles. The molecule has 1 aromatic heterocycles. The second-order valence-corrected chi connectivity index (χ2v) is 4.56. The maximum Gasteiger partial charge on any atom is 0.327 e. The third kappa shape index (κ3) is 4.54. The van der Waals surface area contributed by atoms with Crippen molar-refractivity contribution in [1.29, 1.82) is 0 Å². The van der Waals surface area contributed by atoms with Gasteiger partial charge in [-0.15, -0.1) is 0 Å². The summed E-state index contributed by atoms with van der Waals surface area (Å²) in [7, 11) is 0. The fourth-order valence-corrected chi connectivity index (χ4v) is 2.13. The molecule has 2 unspecified atom stereocenters. The molecule has 0 radical (unpaired) electrons. The molecule has 94 valence electrons. The van der Waals surface area contributed by atoms with Crippen molar-refractivity contribution < 1.29 is 14.7 Å². The van der Waals surface area contributed by atoms with E-state index in [0.717, 1.165) is 5.56 Å². The molecule has 3 N–H and O–H groups in total. The highest BCUT2D eigenvalue weighted by molar-refractivity contribution is 7.07. The second-order valence-electron chi connectivity index (χ2n) is 3.78. The fourth-order valence-electron chi connectivity index (χ4n) is 1.38. The number of carboxylic acids is 1. The van der Waals surface area contributed by atoms with E-state index in [1.165, 1.54) is 6.92 Å². The Balaban J connectivity index is 2.46. The summed E-state index contributed by atoms with van der Waals surface area (Å²) in [5.41, 5.74) is 1.11. The standard InChI is InChI=1S/C11H16N2O3S/c1-7(9-3-4-17-6-9)12-5-10(11(15)16)13-8(2)14/h3-4,6-7,10,12H,5H2,1-2H3,(H,13,14)(H,15,16). The average Bonchev–Trinajstić information content (AvgIpc) is 2.76. The van der Waals surface area contributed by atoms with Gasteiger partial charge in [0.25, 0.3) is 0 Å². The molecule has 0 spiro atoms. The third-order valence-electron chi connectivity index (χ3n) is 2.35. The van der Waals surface area contributed by atoms with Crippen LogP contribution in [0.15, 0.2) is 16.8 Å². The highest BCUT2D eigenvalue weighted by Crippen LogP contribution is 2.15. The van der Waals surface area contributed by atoms with Crippen LogP contribution in [0.25, 0.3) is 0 Å². The first-order valence-electron chi connectivity index (χ1n) is 5.26. The van der Waals surface area contributed by atoms with E-state index < -0.39 is 12.0 Å². The Morgan fingerprint density at radius 3 is 2.71 bits per heavy atom. The zero-order valence-corrected chi connectivity index (χ0v) is 10.6. The molecule has 1 amide bonds. The van der Waals surface area contributed by atoms with Crippen LogP contribution in [0.3, 0.4) is 0 Å². The van der Waals surface area contributed by atoms with Crippen LogP contribution in [-0.2, 0) is 9.59 Å². The number of amides is 1. The first kappa shape index (κ1) is 13.7. The van der Waals surface area contributed by atoms with Crippen LogP contribution in [0.5, 0.6) is 0 Å². The molecule has 0 aliphatic rings. The van der Waals surface area contributed by atoms with E-state index in [-0.39, 0.29) is 18.5 Å². The van der Waals surface area contributed by atoms with Crippen LogP contribution in [0.4, 0.5) is 0 Å². The van der Waals surface area contributed by atoms with Crippen molar-refractivity contribution in [1.82, 2.24) is 10.6 Å². The molecule has 1 heterocycles. The molecular formula is C11H16N2O3S. The Labute approximate surface area is 104 Å². The molecule has 17 heavy (non-hydrogen) atoms. The van der Waals surface area contributed by atoms with Crippen LogP contribution in [-0.4, -0.2) is 29.6 Å². The molecule has 0 saturated carbocycles. The molecule has 0 aliphatic carbocycles. The summed E-state index contributed by atoms with van der Waals surface area (Å²) in [4.78, 5) is 21.7. The predicted octanol–water partition coefficient (Wildman–Crippen LogP) is 0.988. The maximum atomic E-state index is 10.9. The summed E-state index contributed by atoms with van der Waals surface area (Å²) in [6.07, 6.45) is 0. The first-order chi connectivity index (χ1) is 8.00. The van der Waals surface area contributed by atoms with Crippen molar-refractivity contribution in [2.75, 3.05) is 6.54 Å². The molecule has 2 atom stereocenters. The maximum absolute atomic E-state index is 10.9. The van der Waals surface area contributed by atoms with E-state index in [1.54, 1.807) is 11.3 Å². The lowest BCUT2D eigenvalue weighted by Gasteiger charge is -2.17. The van der Waals surface area contributed by atoms with Gasteiger partial charge in [0.05, 0.1) is 0 Å². The third-order valence-corrected chi connectivity index (χ3v) is 3.05. The number of nitrogens with one attached hydrogen (secondary N) is 2. The van der Waals surface area contributed by atoms with E-state index in [2.05, 4.69) is 10.6 Å². The summed E-state index contributed by atoms with van der Waals surface area (Å²) in [6, 6.07) is 1.15. The van der Waals surface area contributed by atoms with Crippen LogP contribution in [0.2, 0.25) is 0 Å². The number of carbonyl (C=O) groups is 2. The topological polar surface area (TPSA) is 78.4 Å². The van der Waals surface area contributed by atoms with Gasteiger partial charge >= 0.3 is 5.97 Å². The number of carboxylic acid groups (broad SMARTS) is 1. The van der Waals surface area contributed by atoms with Crippen molar-refractivity contribution in [2.45, 2.75) is 25.9 Å². The lowest BCUT2D eigenvalue weighted by Crippen LogP contribution is -2.46. The molecule has 6 heteroatoms. The molecule has 0 aliphatic heterocycles. The van der Waals surface area contributed by atoms with Crippen molar-refractivity contribution in [2.24, 2.45) is 0 Å². The van der Waals surface area contributed by atoms with E-state index in [1.807, 2.05) is 23.8 Å². The van der Waals surface area contributed by atoms with Gasteiger partial charge < -0.3 is 15.7 Å². The number of hydrogen-bond acceptors (Lipinski definition) is 4. The SMILES string of the molecule is CC(=O)NC(CNC(C)c1ccsc1)C(=O)O. The number of thiophene rings is 1. The van der Waals surface area contributed by atoms with Crippen LogP contribution >= 0.6 is 11.3 Å². The minimum atomic E-state index is -1.04. The van der Waals surface area contributed by atoms with Crippen LogP contribution in [0, 0.1) is 0 Å². The summed E-state index contributed by atoms with van der Waals surface area (Å²) >= 11 is 1.59. The highest BCUT2D eigenvalue weighted by Gasteiger charge is 2.19. The van der Waals surface area contributed by atoms with Gasteiger partial charge in [0.2, 0.25) is 5.91 Å². The number of aliphatic carboxylic acids is 1. The van der Waals surface area contributed by atoms with Gasteiger partial charge in [-0.25, -0.2) is 4.79 Å². The van der Waals surface area contributed by atoms with E-state index >= 15 is 0 Å². The van der Waals surface area contributed by atoms with E-state index in [0.29, 0.717) is 0 Å². The largest absolute Gasteiger partial charge is 0.480 e. The Hall–Kier alpha value is -1.40. The quantitative estimate of drug-likeness (QED) is 0.709. The van der Waals surface area contributed by atoms with Gasteiger partial charge in [-0.3, -0.25) is 4.79 Å². The minimum Gasteiger partial charge on any atom is -0.480 e. The average molecular weight is 256 g/mol. The van der Waals surface area contributed by atoms with Crippen molar-refractivity contribution in [3.63, 3.8) is 0 Å².